The first-order valence-corrected chi connectivity index (χ1v) is 13.2. The number of ether oxygens (including phenoxy) is 2. The zero-order valence-corrected chi connectivity index (χ0v) is 22.8. The highest BCUT2D eigenvalue weighted by molar-refractivity contribution is 9.10. The van der Waals surface area contributed by atoms with Crippen LogP contribution in [0.1, 0.15) is 31.2 Å². The van der Waals surface area contributed by atoms with Gasteiger partial charge in [-0.2, -0.15) is 0 Å². The van der Waals surface area contributed by atoms with Gasteiger partial charge in [-0.3, -0.25) is 9.36 Å². The third-order valence-corrected chi connectivity index (χ3v) is 7.43. The molecule has 1 aliphatic rings. The first kappa shape index (κ1) is 25.0. The molecule has 0 bridgehead atoms. The van der Waals surface area contributed by atoms with E-state index < -0.39 is 12.0 Å². The van der Waals surface area contributed by atoms with Gasteiger partial charge in [-0.1, -0.05) is 51.5 Å². The van der Waals surface area contributed by atoms with Crippen LogP contribution >= 0.6 is 27.3 Å². The number of rotatable bonds is 6. The molecule has 188 valence electrons. The largest absolute Gasteiger partial charge is 0.497 e. The molecule has 0 N–H and O–H groups in total. The maximum atomic E-state index is 13.7. The van der Waals surface area contributed by atoms with Crippen molar-refractivity contribution >= 4 is 39.3 Å². The Labute approximate surface area is 225 Å². The Bertz CT molecular complexity index is 1700. The van der Waals surface area contributed by atoms with Crippen LogP contribution in [0.2, 0.25) is 0 Å². The zero-order valence-electron chi connectivity index (χ0n) is 20.4. The summed E-state index contributed by atoms with van der Waals surface area (Å²) in [6, 6.07) is 18.1. The molecule has 0 spiro atoms. The maximum Gasteiger partial charge on any atom is 0.338 e. The molecule has 9 heteroatoms. The number of carbonyl (C=O) groups excluding carboxylic acids is 1. The van der Waals surface area contributed by atoms with Gasteiger partial charge in [0.15, 0.2) is 4.80 Å². The number of furan rings is 1. The fourth-order valence-electron chi connectivity index (χ4n) is 4.25. The predicted octanol–water partition coefficient (Wildman–Crippen LogP) is 4.83. The topological polar surface area (TPSA) is 83.0 Å². The minimum atomic E-state index is -0.683. The Kier molecular flexibility index (Phi) is 6.99. The Morgan fingerprint density at radius 1 is 1.19 bits per heavy atom. The lowest BCUT2D eigenvalue weighted by atomic mass is 9.96. The Hall–Kier alpha value is -3.69. The van der Waals surface area contributed by atoms with E-state index in [1.165, 1.54) is 11.3 Å². The van der Waals surface area contributed by atoms with Crippen LogP contribution in [0.3, 0.4) is 0 Å². The third kappa shape index (κ3) is 4.84. The van der Waals surface area contributed by atoms with Gasteiger partial charge in [0.2, 0.25) is 0 Å². The number of methoxy groups -OCH3 is 1. The van der Waals surface area contributed by atoms with Crippen molar-refractivity contribution in [3.8, 4) is 17.1 Å². The number of nitrogens with zero attached hydrogens (tertiary/aromatic N) is 2. The molecule has 1 aliphatic heterocycles. The number of halogens is 1. The van der Waals surface area contributed by atoms with Crippen LogP contribution in [-0.4, -0.2) is 24.3 Å². The Balaban J connectivity index is 1.63. The smallest absolute Gasteiger partial charge is 0.338 e. The minimum Gasteiger partial charge on any atom is -0.497 e. The van der Waals surface area contributed by atoms with E-state index in [0.29, 0.717) is 37.9 Å². The van der Waals surface area contributed by atoms with E-state index in [9.17, 15) is 9.59 Å². The van der Waals surface area contributed by atoms with Crippen molar-refractivity contribution in [3.63, 3.8) is 0 Å². The summed E-state index contributed by atoms with van der Waals surface area (Å²) in [4.78, 5) is 31.8. The summed E-state index contributed by atoms with van der Waals surface area (Å²) >= 11 is 4.73. The van der Waals surface area contributed by atoms with Gasteiger partial charge in [-0.25, -0.2) is 9.79 Å². The second kappa shape index (κ2) is 10.4. The standard InChI is InChI=1S/C28H23BrN2O5S/c1-4-35-27(33)24-16(2)30-28-31(25(24)17-8-10-20(34-3)11-9-17)26(32)23(37-28)15-21-12-13-22(36-21)18-6-5-7-19(29)14-18/h5-15,25H,4H2,1-3H3/t25-/m0/s1. The van der Waals surface area contributed by atoms with Gasteiger partial charge < -0.3 is 13.9 Å². The maximum absolute atomic E-state index is 13.7. The van der Waals surface area contributed by atoms with Gasteiger partial charge in [0.05, 0.1) is 35.6 Å². The van der Waals surface area contributed by atoms with Crippen LogP contribution in [0.25, 0.3) is 17.4 Å². The van der Waals surface area contributed by atoms with E-state index >= 15 is 0 Å². The van der Waals surface area contributed by atoms with Crippen molar-refractivity contribution in [2.45, 2.75) is 19.9 Å². The summed E-state index contributed by atoms with van der Waals surface area (Å²) < 4.78 is 19.6. The average molecular weight is 579 g/mol. The molecular weight excluding hydrogens is 556 g/mol. The number of hydrogen-bond donors (Lipinski definition) is 0. The molecule has 0 fully saturated rings. The van der Waals surface area contributed by atoms with Crippen LogP contribution in [0, 0.1) is 0 Å². The highest BCUT2D eigenvalue weighted by Gasteiger charge is 2.33. The van der Waals surface area contributed by atoms with Crippen molar-refractivity contribution in [1.82, 2.24) is 4.57 Å². The molecule has 2 aromatic heterocycles. The highest BCUT2D eigenvalue weighted by atomic mass is 79.9. The number of aromatic nitrogens is 1. The van der Waals surface area contributed by atoms with E-state index in [0.717, 1.165) is 15.6 Å². The lowest BCUT2D eigenvalue weighted by Crippen LogP contribution is -2.39. The third-order valence-electron chi connectivity index (χ3n) is 5.96. The van der Waals surface area contributed by atoms with Crippen molar-refractivity contribution in [2.24, 2.45) is 4.99 Å². The van der Waals surface area contributed by atoms with E-state index in [1.807, 2.05) is 48.5 Å². The number of thiazole rings is 1. The van der Waals surface area contributed by atoms with Crippen LogP contribution < -0.4 is 19.6 Å². The number of allylic oxidation sites excluding steroid dienone is 1. The summed E-state index contributed by atoms with van der Waals surface area (Å²) in [5, 5.41) is 0. The molecule has 0 radical (unpaired) electrons. The van der Waals surface area contributed by atoms with Crippen molar-refractivity contribution in [3.05, 3.63) is 107 Å². The first-order chi connectivity index (χ1) is 17.9. The average Bonchev–Trinajstić information content (AvgIpc) is 3.48. The second-order valence-electron chi connectivity index (χ2n) is 8.29. The molecule has 0 saturated heterocycles. The van der Waals surface area contributed by atoms with Gasteiger partial charge >= 0.3 is 5.97 Å². The predicted molar refractivity (Wildman–Crippen MR) is 145 cm³/mol. The molecule has 4 aromatic rings. The Morgan fingerprint density at radius 3 is 2.68 bits per heavy atom. The molecule has 7 nitrogen and oxygen atoms in total. The molecular formula is C28H23BrN2O5S. The fourth-order valence-corrected chi connectivity index (χ4v) is 5.68. The van der Waals surface area contributed by atoms with Gasteiger partial charge in [-0.05, 0) is 55.8 Å². The lowest BCUT2D eigenvalue weighted by Gasteiger charge is -2.24. The minimum absolute atomic E-state index is 0.216. The van der Waals surface area contributed by atoms with E-state index in [4.69, 9.17) is 13.9 Å². The molecule has 37 heavy (non-hydrogen) atoms. The summed E-state index contributed by atoms with van der Waals surface area (Å²) in [6.45, 7) is 3.72. The van der Waals surface area contributed by atoms with Gasteiger partial charge in [0.1, 0.15) is 17.3 Å². The number of fused-ring (bicyclic) bond motifs is 1. The quantitative estimate of drug-likeness (QED) is 0.306. The molecule has 0 saturated carbocycles. The molecule has 0 amide bonds. The number of carbonyl (C=O) groups is 1. The summed E-state index contributed by atoms with van der Waals surface area (Å²) in [5.41, 5.74) is 2.26. The lowest BCUT2D eigenvalue weighted by molar-refractivity contribution is -0.139. The number of benzene rings is 2. The monoisotopic (exact) mass is 578 g/mol. The Morgan fingerprint density at radius 2 is 1.97 bits per heavy atom. The molecule has 0 aliphatic carbocycles. The van der Waals surface area contributed by atoms with Crippen molar-refractivity contribution < 1.29 is 18.7 Å². The van der Waals surface area contributed by atoms with Crippen molar-refractivity contribution in [2.75, 3.05) is 13.7 Å². The first-order valence-electron chi connectivity index (χ1n) is 11.6. The van der Waals surface area contributed by atoms with Crippen molar-refractivity contribution in [1.29, 1.82) is 0 Å². The van der Waals surface area contributed by atoms with Gasteiger partial charge in [0.25, 0.3) is 5.56 Å². The summed E-state index contributed by atoms with van der Waals surface area (Å²) in [5.74, 6) is 1.41. The number of esters is 1. The van der Waals surface area contributed by atoms with E-state index in [-0.39, 0.29) is 12.2 Å². The van der Waals surface area contributed by atoms with Gasteiger partial charge in [0, 0.05) is 16.1 Å². The summed E-state index contributed by atoms with van der Waals surface area (Å²) in [7, 11) is 1.59. The number of hydrogen-bond acceptors (Lipinski definition) is 7. The SMILES string of the molecule is CCOC(=O)C1=C(C)N=c2sc(=Cc3ccc(-c4cccc(Br)c4)o3)c(=O)n2[C@H]1c1ccc(OC)cc1. The molecule has 5 rings (SSSR count). The van der Waals surface area contributed by atoms with E-state index in [1.54, 1.807) is 43.7 Å². The molecule has 3 heterocycles. The molecule has 1 atom stereocenters. The highest BCUT2D eigenvalue weighted by Crippen LogP contribution is 2.31. The zero-order chi connectivity index (χ0) is 26.1. The normalized spacial score (nSPS) is 15.4. The molecule has 0 unspecified atom stereocenters. The fraction of sp³-hybridized carbons (Fsp3) is 0.179. The van der Waals surface area contributed by atoms with E-state index in [2.05, 4.69) is 20.9 Å². The molecule has 2 aromatic carbocycles. The second-order valence-corrected chi connectivity index (χ2v) is 10.2. The van der Waals surface area contributed by atoms with Crippen LogP contribution in [0.15, 0.2) is 90.6 Å². The summed E-state index contributed by atoms with van der Waals surface area (Å²) in [6.07, 6.45) is 1.71. The van der Waals surface area contributed by atoms with Crippen LogP contribution in [0.5, 0.6) is 5.75 Å². The van der Waals surface area contributed by atoms with Gasteiger partial charge in [-0.15, -0.1) is 0 Å². The van der Waals surface area contributed by atoms with Crippen LogP contribution in [-0.2, 0) is 9.53 Å². The van der Waals surface area contributed by atoms with Crippen LogP contribution in [0.4, 0.5) is 0 Å².